The third-order valence-corrected chi connectivity index (χ3v) is 4.59. The molecule has 0 fully saturated rings. The van der Waals surface area contributed by atoms with Crippen LogP contribution in [0.1, 0.15) is 13.3 Å². The van der Waals surface area contributed by atoms with Gasteiger partial charge in [0, 0.05) is 6.54 Å². The van der Waals surface area contributed by atoms with E-state index in [0.717, 1.165) is 0 Å². The van der Waals surface area contributed by atoms with Crippen LogP contribution in [0.2, 0.25) is 0 Å². The Balaban J connectivity index is 1.95. The number of sulfonamides is 1. The van der Waals surface area contributed by atoms with Crippen molar-refractivity contribution < 1.29 is 27.1 Å². The van der Waals surface area contributed by atoms with E-state index in [9.17, 15) is 17.6 Å². The highest BCUT2D eigenvalue weighted by Gasteiger charge is 2.14. The molecule has 0 saturated carbocycles. The van der Waals surface area contributed by atoms with Crippen LogP contribution in [0.15, 0.2) is 53.4 Å². The van der Waals surface area contributed by atoms with E-state index in [-0.39, 0.29) is 30.3 Å². The average molecular weight is 367 g/mol. The zero-order valence-corrected chi connectivity index (χ0v) is 14.4. The van der Waals surface area contributed by atoms with Crippen LogP contribution < -0.4 is 9.46 Å². The number of hydrogen-bond donors (Lipinski definition) is 1. The molecule has 0 aliphatic heterocycles. The lowest BCUT2D eigenvalue weighted by molar-refractivity contribution is -0.142. The second-order valence-electron chi connectivity index (χ2n) is 4.98. The van der Waals surface area contributed by atoms with E-state index in [4.69, 9.17) is 9.47 Å². The van der Waals surface area contributed by atoms with Gasteiger partial charge in [0.25, 0.3) is 0 Å². The van der Waals surface area contributed by atoms with Crippen molar-refractivity contribution in [3.8, 4) is 11.5 Å². The number of hydrogen-bond acceptors (Lipinski definition) is 5. The smallest absolute Gasteiger partial charge is 0.307 e. The van der Waals surface area contributed by atoms with Crippen molar-refractivity contribution in [2.75, 3.05) is 13.2 Å². The van der Waals surface area contributed by atoms with Crippen molar-refractivity contribution in [1.82, 2.24) is 4.72 Å². The van der Waals surface area contributed by atoms with E-state index in [1.165, 1.54) is 48.5 Å². The molecular weight excluding hydrogens is 349 g/mol. The number of halogens is 1. The summed E-state index contributed by atoms with van der Waals surface area (Å²) in [6.45, 7) is 1.88. The number of esters is 1. The molecule has 0 bridgehead atoms. The fourth-order valence-corrected chi connectivity index (χ4v) is 2.96. The van der Waals surface area contributed by atoms with Gasteiger partial charge in [0.2, 0.25) is 10.0 Å². The van der Waals surface area contributed by atoms with Crippen LogP contribution >= 0.6 is 0 Å². The minimum atomic E-state index is -3.73. The van der Waals surface area contributed by atoms with Gasteiger partial charge < -0.3 is 9.47 Å². The van der Waals surface area contributed by atoms with E-state index in [0.29, 0.717) is 11.5 Å². The summed E-state index contributed by atoms with van der Waals surface area (Å²) < 4.78 is 49.7. The van der Waals surface area contributed by atoms with Gasteiger partial charge in [0.1, 0.15) is 17.3 Å². The molecule has 0 aliphatic carbocycles. The minimum absolute atomic E-state index is 0.0428. The second kappa shape index (κ2) is 8.59. The highest BCUT2D eigenvalue weighted by molar-refractivity contribution is 7.89. The summed E-state index contributed by atoms with van der Waals surface area (Å²) in [6, 6.07) is 11.2. The SMILES string of the molecule is CCOC(=O)CCNS(=O)(=O)c1ccc(Oc2ccc(F)cc2)cc1. The molecule has 0 atom stereocenters. The fraction of sp³-hybridized carbons (Fsp3) is 0.235. The predicted molar refractivity (Wildman–Crippen MR) is 89.4 cm³/mol. The van der Waals surface area contributed by atoms with Crippen LogP contribution in [0.5, 0.6) is 11.5 Å². The Bertz CT molecular complexity index is 804. The first-order chi connectivity index (χ1) is 11.9. The van der Waals surface area contributed by atoms with Gasteiger partial charge in [-0.05, 0) is 55.5 Å². The van der Waals surface area contributed by atoms with Gasteiger partial charge in [-0.3, -0.25) is 4.79 Å². The zero-order valence-electron chi connectivity index (χ0n) is 13.6. The van der Waals surface area contributed by atoms with Crippen molar-refractivity contribution in [2.24, 2.45) is 0 Å². The number of carbonyl (C=O) groups is 1. The van der Waals surface area contributed by atoms with Crippen LogP contribution in [-0.4, -0.2) is 27.5 Å². The first-order valence-electron chi connectivity index (χ1n) is 7.59. The summed E-state index contributed by atoms with van der Waals surface area (Å²) in [5.74, 6) is 0.0116. The Kier molecular flexibility index (Phi) is 6.49. The molecule has 2 rings (SSSR count). The second-order valence-corrected chi connectivity index (χ2v) is 6.75. The maximum Gasteiger partial charge on any atom is 0.307 e. The molecule has 0 amide bonds. The molecule has 8 heteroatoms. The van der Waals surface area contributed by atoms with Crippen molar-refractivity contribution >= 4 is 16.0 Å². The van der Waals surface area contributed by atoms with Gasteiger partial charge in [-0.2, -0.15) is 0 Å². The molecule has 0 aromatic heterocycles. The quantitative estimate of drug-likeness (QED) is 0.726. The molecule has 0 unspecified atom stereocenters. The maximum absolute atomic E-state index is 12.8. The predicted octanol–water partition coefficient (Wildman–Crippen LogP) is 2.85. The van der Waals surface area contributed by atoms with Gasteiger partial charge in [0.15, 0.2) is 0 Å². The Morgan fingerprint density at radius 1 is 1.04 bits per heavy atom. The van der Waals surface area contributed by atoms with Gasteiger partial charge >= 0.3 is 5.97 Å². The van der Waals surface area contributed by atoms with Crippen LogP contribution in [0, 0.1) is 5.82 Å². The Labute approximate surface area is 145 Å². The molecule has 0 aliphatic rings. The van der Waals surface area contributed by atoms with E-state index in [1.54, 1.807) is 6.92 Å². The Morgan fingerprint density at radius 3 is 2.16 bits per heavy atom. The summed E-state index contributed by atoms with van der Waals surface area (Å²) >= 11 is 0. The van der Waals surface area contributed by atoms with Crippen LogP contribution in [0.4, 0.5) is 4.39 Å². The molecule has 2 aromatic carbocycles. The van der Waals surface area contributed by atoms with E-state index >= 15 is 0 Å². The molecular formula is C17H18FNO5S. The summed E-state index contributed by atoms with van der Waals surface area (Å²) in [4.78, 5) is 11.3. The molecule has 2 aromatic rings. The zero-order chi connectivity index (χ0) is 18.3. The number of carbonyl (C=O) groups excluding carboxylic acids is 1. The Morgan fingerprint density at radius 2 is 1.60 bits per heavy atom. The monoisotopic (exact) mass is 367 g/mol. The van der Waals surface area contributed by atoms with E-state index < -0.39 is 16.0 Å². The van der Waals surface area contributed by atoms with Gasteiger partial charge in [-0.15, -0.1) is 0 Å². The molecule has 0 radical (unpaired) electrons. The summed E-state index contributed by atoms with van der Waals surface area (Å²) in [7, 11) is -3.73. The van der Waals surface area contributed by atoms with E-state index in [1.807, 2.05) is 0 Å². The lowest BCUT2D eigenvalue weighted by atomic mass is 10.3. The molecule has 134 valence electrons. The summed E-state index contributed by atoms with van der Waals surface area (Å²) in [6.07, 6.45) is -0.0428. The summed E-state index contributed by atoms with van der Waals surface area (Å²) in [5, 5.41) is 0. The third kappa shape index (κ3) is 5.84. The first kappa shape index (κ1) is 18.9. The van der Waals surface area contributed by atoms with E-state index in [2.05, 4.69) is 4.72 Å². The van der Waals surface area contributed by atoms with Gasteiger partial charge in [0.05, 0.1) is 17.9 Å². The summed E-state index contributed by atoms with van der Waals surface area (Å²) in [5.41, 5.74) is 0. The van der Waals surface area contributed by atoms with Crippen LogP contribution in [-0.2, 0) is 19.6 Å². The van der Waals surface area contributed by atoms with Crippen LogP contribution in [0.3, 0.4) is 0 Å². The first-order valence-corrected chi connectivity index (χ1v) is 9.08. The highest BCUT2D eigenvalue weighted by atomic mass is 32.2. The molecule has 0 spiro atoms. The average Bonchev–Trinajstić information content (AvgIpc) is 2.57. The maximum atomic E-state index is 12.8. The molecule has 0 saturated heterocycles. The van der Waals surface area contributed by atoms with Crippen molar-refractivity contribution in [1.29, 1.82) is 0 Å². The van der Waals surface area contributed by atoms with Crippen molar-refractivity contribution in [3.05, 3.63) is 54.3 Å². The topological polar surface area (TPSA) is 81.7 Å². The lowest BCUT2D eigenvalue weighted by Gasteiger charge is -2.09. The standard InChI is InChI=1S/C17H18FNO5S/c1-2-23-17(20)11-12-19-25(21,22)16-9-7-15(8-10-16)24-14-5-3-13(18)4-6-14/h3-10,19H,2,11-12H2,1H3. The lowest BCUT2D eigenvalue weighted by Crippen LogP contribution is -2.26. The van der Waals surface area contributed by atoms with Crippen LogP contribution in [0.25, 0.3) is 0 Å². The molecule has 25 heavy (non-hydrogen) atoms. The number of ether oxygens (including phenoxy) is 2. The Hall–Kier alpha value is -2.45. The van der Waals surface area contributed by atoms with Gasteiger partial charge in [-0.25, -0.2) is 17.5 Å². The largest absolute Gasteiger partial charge is 0.466 e. The number of benzene rings is 2. The van der Waals surface area contributed by atoms with Gasteiger partial charge in [-0.1, -0.05) is 0 Å². The third-order valence-electron chi connectivity index (χ3n) is 3.11. The molecule has 1 N–H and O–H groups in total. The number of nitrogens with one attached hydrogen (secondary N) is 1. The van der Waals surface area contributed by atoms with Crippen molar-refractivity contribution in [3.63, 3.8) is 0 Å². The van der Waals surface area contributed by atoms with Crippen molar-refractivity contribution in [2.45, 2.75) is 18.2 Å². The molecule has 0 heterocycles. The number of rotatable bonds is 8. The fourth-order valence-electron chi connectivity index (χ4n) is 1.93. The molecule has 6 nitrogen and oxygen atoms in total. The normalized spacial score (nSPS) is 11.1. The highest BCUT2D eigenvalue weighted by Crippen LogP contribution is 2.23. The minimum Gasteiger partial charge on any atom is -0.466 e.